The highest BCUT2D eigenvalue weighted by Crippen LogP contribution is 2.29. The number of anilines is 1. The second-order valence-corrected chi connectivity index (χ2v) is 6.87. The van der Waals surface area contributed by atoms with Gasteiger partial charge in [0.2, 0.25) is 5.95 Å². The van der Waals surface area contributed by atoms with Crippen LogP contribution in [-0.2, 0) is 0 Å². The first kappa shape index (κ1) is 15.3. The molecule has 1 saturated carbocycles. The topological polar surface area (TPSA) is 70.9 Å². The van der Waals surface area contributed by atoms with Crippen molar-refractivity contribution in [1.29, 1.82) is 0 Å². The predicted molar refractivity (Wildman–Crippen MR) is 98.5 cm³/mol. The molecule has 6 nitrogen and oxygen atoms in total. The highest BCUT2D eigenvalue weighted by atomic mass is 19.1. The van der Waals surface area contributed by atoms with Crippen molar-refractivity contribution >= 4 is 22.6 Å². The summed E-state index contributed by atoms with van der Waals surface area (Å²) in [5.74, 6) is 0.299. The van der Waals surface area contributed by atoms with E-state index >= 15 is 0 Å². The van der Waals surface area contributed by atoms with Gasteiger partial charge < -0.3 is 14.7 Å². The van der Waals surface area contributed by atoms with Gasteiger partial charge in [-0.05, 0) is 18.9 Å². The van der Waals surface area contributed by atoms with Crippen LogP contribution in [0.4, 0.5) is 10.3 Å². The molecule has 0 atom stereocenters. The Balaban J connectivity index is 1.50. The van der Waals surface area contributed by atoms with Gasteiger partial charge in [0.05, 0.1) is 0 Å². The van der Waals surface area contributed by atoms with E-state index in [-0.39, 0.29) is 5.82 Å². The van der Waals surface area contributed by atoms with Crippen molar-refractivity contribution in [3.05, 3.63) is 42.9 Å². The molecule has 0 spiro atoms. The number of aromatic nitrogens is 5. The van der Waals surface area contributed by atoms with E-state index in [1.54, 1.807) is 23.0 Å². The van der Waals surface area contributed by atoms with Gasteiger partial charge in [0.1, 0.15) is 5.65 Å². The maximum atomic E-state index is 14.3. The summed E-state index contributed by atoms with van der Waals surface area (Å²) in [6, 6.07) is 1.95. The lowest BCUT2D eigenvalue weighted by Gasteiger charge is -2.22. The van der Waals surface area contributed by atoms with Crippen molar-refractivity contribution in [2.75, 3.05) is 5.32 Å². The van der Waals surface area contributed by atoms with Crippen molar-refractivity contribution in [3.8, 4) is 11.1 Å². The number of pyridine rings is 1. The molecule has 0 aromatic carbocycles. The van der Waals surface area contributed by atoms with Gasteiger partial charge in [-0.25, -0.2) is 14.4 Å². The number of nitrogens with zero attached hydrogens (tertiary/aromatic N) is 4. The van der Waals surface area contributed by atoms with Crippen molar-refractivity contribution in [2.45, 2.75) is 38.1 Å². The van der Waals surface area contributed by atoms with Gasteiger partial charge in [0.15, 0.2) is 11.5 Å². The molecule has 1 aliphatic carbocycles. The minimum absolute atomic E-state index is 0.323. The third-order valence-electron chi connectivity index (χ3n) is 5.12. The fourth-order valence-corrected chi connectivity index (χ4v) is 3.78. The first-order valence-electron chi connectivity index (χ1n) is 9.01. The van der Waals surface area contributed by atoms with Crippen molar-refractivity contribution in [3.63, 3.8) is 0 Å². The molecule has 0 amide bonds. The predicted octanol–water partition coefficient (Wildman–Crippen LogP) is 4.16. The van der Waals surface area contributed by atoms with E-state index in [1.165, 1.54) is 38.2 Å². The quantitative estimate of drug-likeness (QED) is 0.582. The van der Waals surface area contributed by atoms with Gasteiger partial charge in [0, 0.05) is 53.5 Å². The Bertz CT molecular complexity index is 1080. The number of halogens is 1. The lowest BCUT2D eigenvalue weighted by molar-refractivity contribution is 0.461. The van der Waals surface area contributed by atoms with Crippen molar-refractivity contribution in [1.82, 2.24) is 24.3 Å². The minimum Gasteiger partial charge on any atom is -0.351 e. The molecule has 0 bridgehead atoms. The average Bonchev–Trinajstić information content (AvgIpc) is 3.29. The van der Waals surface area contributed by atoms with E-state index in [1.807, 2.05) is 12.4 Å². The molecule has 132 valence electrons. The zero-order valence-electron chi connectivity index (χ0n) is 14.2. The first-order valence-corrected chi connectivity index (χ1v) is 9.01. The Hall–Kier alpha value is -2.96. The standard InChI is InChI=1S/C19H19FN6/c20-16-8-12(11-26-7-6-21-18(16)26)14-9-22-17-15(14)10-23-19(25-17)24-13-4-2-1-3-5-13/h6-11,13H,1-5H2,(H2,22,23,24,25). The van der Waals surface area contributed by atoms with E-state index in [9.17, 15) is 4.39 Å². The van der Waals surface area contributed by atoms with E-state index in [0.29, 0.717) is 17.6 Å². The number of imidazole rings is 1. The minimum atomic E-state index is -0.349. The molecular weight excluding hydrogens is 331 g/mol. The van der Waals surface area contributed by atoms with Gasteiger partial charge >= 0.3 is 0 Å². The van der Waals surface area contributed by atoms with Gasteiger partial charge in [-0.3, -0.25) is 0 Å². The monoisotopic (exact) mass is 350 g/mol. The normalized spacial score (nSPS) is 15.7. The molecule has 0 radical (unpaired) electrons. The molecule has 26 heavy (non-hydrogen) atoms. The highest BCUT2D eigenvalue weighted by molar-refractivity contribution is 5.93. The number of hydrogen-bond acceptors (Lipinski definition) is 4. The van der Waals surface area contributed by atoms with Crippen LogP contribution in [0.1, 0.15) is 32.1 Å². The number of fused-ring (bicyclic) bond motifs is 2. The zero-order chi connectivity index (χ0) is 17.5. The fourth-order valence-electron chi connectivity index (χ4n) is 3.78. The molecule has 4 aromatic heterocycles. The zero-order valence-corrected chi connectivity index (χ0v) is 14.2. The summed E-state index contributed by atoms with van der Waals surface area (Å²) in [5, 5.41) is 4.31. The number of rotatable bonds is 3. The summed E-state index contributed by atoms with van der Waals surface area (Å²) in [7, 11) is 0. The summed E-state index contributed by atoms with van der Waals surface area (Å²) in [5.41, 5.74) is 2.71. The van der Waals surface area contributed by atoms with Crippen LogP contribution >= 0.6 is 0 Å². The van der Waals surface area contributed by atoms with Crippen LogP contribution < -0.4 is 5.32 Å². The SMILES string of the molecule is Fc1cc(-c2c[nH]c3nc(NC4CCCCC4)ncc23)cn2ccnc12. The van der Waals surface area contributed by atoms with Crippen molar-refractivity contribution < 1.29 is 4.39 Å². The van der Waals surface area contributed by atoms with Crippen molar-refractivity contribution in [2.24, 2.45) is 0 Å². The third-order valence-corrected chi connectivity index (χ3v) is 5.12. The molecular formula is C19H19FN6. The summed E-state index contributed by atoms with van der Waals surface area (Å²) in [4.78, 5) is 16.3. The molecule has 0 aliphatic heterocycles. The Kier molecular flexibility index (Phi) is 3.58. The van der Waals surface area contributed by atoms with Gasteiger partial charge in [-0.2, -0.15) is 4.98 Å². The van der Waals surface area contributed by atoms with Crippen LogP contribution in [0.2, 0.25) is 0 Å². The third kappa shape index (κ3) is 2.60. The fraction of sp³-hybridized carbons (Fsp3) is 0.316. The first-order chi connectivity index (χ1) is 12.8. The molecule has 5 rings (SSSR count). The molecule has 1 aliphatic rings. The Morgan fingerprint density at radius 3 is 2.96 bits per heavy atom. The van der Waals surface area contributed by atoms with E-state index < -0.39 is 0 Å². The number of nitrogens with one attached hydrogen (secondary N) is 2. The highest BCUT2D eigenvalue weighted by Gasteiger charge is 2.16. The lowest BCUT2D eigenvalue weighted by Crippen LogP contribution is -2.23. The second-order valence-electron chi connectivity index (χ2n) is 6.87. The summed E-state index contributed by atoms with van der Waals surface area (Å²) >= 11 is 0. The molecule has 0 unspecified atom stereocenters. The van der Waals surface area contributed by atoms with Gasteiger partial charge in [-0.1, -0.05) is 19.3 Å². The smallest absolute Gasteiger partial charge is 0.224 e. The van der Waals surface area contributed by atoms with Crippen LogP contribution in [-0.4, -0.2) is 30.4 Å². The molecule has 2 N–H and O–H groups in total. The second kappa shape index (κ2) is 6.09. The van der Waals surface area contributed by atoms with Crippen LogP contribution in [0, 0.1) is 5.82 Å². The van der Waals surface area contributed by atoms with Gasteiger partial charge in [-0.15, -0.1) is 0 Å². The number of aromatic amines is 1. The molecule has 4 aromatic rings. The lowest BCUT2D eigenvalue weighted by atomic mass is 9.96. The summed E-state index contributed by atoms with van der Waals surface area (Å²) in [6.07, 6.45) is 15.0. The van der Waals surface area contributed by atoms with Crippen LogP contribution in [0.3, 0.4) is 0 Å². The van der Waals surface area contributed by atoms with Crippen LogP contribution in [0.15, 0.2) is 37.1 Å². The summed E-state index contributed by atoms with van der Waals surface area (Å²) in [6.45, 7) is 0. The molecule has 7 heteroatoms. The Morgan fingerprint density at radius 1 is 1.19 bits per heavy atom. The Morgan fingerprint density at radius 2 is 2.08 bits per heavy atom. The Labute approximate surface area is 149 Å². The maximum absolute atomic E-state index is 14.3. The molecule has 4 heterocycles. The van der Waals surface area contributed by atoms with E-state index in [0.717, 1.165) is 22.2 Å². The molecule has 0 saturated heterocycles. The number of hydrogen-bond donors (Lipinski definition) is 2. The molecule has 1 fully saturated rings. The number of H-pyrrole nitrogens is 1. The van der Waals surface area contributed by atoms with E-state index in [2.05, 4.69) is 25.3 Å². The maximum Gasteiger partial charge on any atom is 0.224 e. The van der Waals surface area contributed by atoms with Crippen LogP contribution in [0.25, 0.3) is 27.8 Å². The van der Waals surface area contributed by atoms with Crippen LogP contribution in [0.5, 0.6) is 0 Å². The average molecular weight is 350 g/mol. The largest absolute Gasteiger partial charge is 0.351 e. The van der Waals surface area contributed by atoms with E-state index in [4.69, 9.17) is 0 Å². The summed E-state index contributed by atoms with van der Waals surface area (Å²) < 4.78 is 15.9. The van der Waals surface area contributed by atoms with Gasteiger partial charge in [0.25, 0.3) is 0 Å².